The van der Waals surface area contributed by atoms with Gasteiger partial charge in [-0.25, -0.2) is 0 Å². The molecule has 5 heterocycles. The van der Waals surface area contributed by atoms with Crippen LogP contribution < -0.4 is 29.6 Å². The number of carbonyl (C=O) groups excluding carboxylic acids is 1. The van der Waals surface area contributed by atoms with Gasteiger partial charge in [0.25, 0.3) is 0 Å². The molecule has 9 atom stereocenters. The van der Waals surface area contributed by atoms with Crippen LogP contribution in [0.15, 0.2) is 48.5 Å². The molecule has 0 saturated carbocycles. The summed E-state index contributed by atoms with van der Waals surface area (Å²) in [6.07, 6.45) is -8.14. The van der Waals surface area contributed by atoms with Crippen molar-refractivity contribution in [1.29, 1.82) is 0 Å². The number of benzene rings is 3. The van der Waals surface area contributed by atoms with Gasteiger partial charge in [0, 0.05) is 42.3 Å². The molecule has 0 spiro atoms. The zero-order chi connectivity index (χ0) is 38.9. The molecule has 300 valence electrons. The van der Waals surface area contributed by atoms with E-state index in [1.807, 2.05) is 12.1 Å². The normalized spacial score (nSPS) is 28.4. The summed E-state index contributed by atoms with van der Waals surface area (Å²) in [6.45, 7) is 0.356. The second-order valence-electron chi connectivity index (χ2n) is 14.2. The molecular formula is C39H43NO16. The minimum Gasteiger partial charge on any atom is -0.508 e. The Bertz CT molecular complexity index is 1910. The van der Waals surface area contributed by atoms with Crippen LogP contribution in [0.1, 0.15) is 60.0 Å². The maximum atomic E-state index is 12.5. The number of aliphatic hydroxyl groups excluding tert-OH is 2. The average Bonchev–Trinajstić information content (AvgIpc) is 3.75. The molecule has 56 heavy (non-hydrogen) atoms. The van der Waals surface area contributed by atoms with Crippen LogP contribution >= 0.6 is 0 Å². The van der Waals surface area contributed by atoms with Crippen molar-refractivity contribution in [1.82, 2.24) is 0 Å². The van der Waals surface area contributed by atoms with Crippen LogP contribution in [0.4, 0.5) is 0 Å². The zero-order valence-electron chi connectivity index (χ0n) is 30.2. The molecule has 17 heteroatoms. The van der Waals surface area contributed by atoms with Gasteiger partial charge >= 0.3 is 11.9 Å². The van der Waals surface area contributed by atoms with Crippen LogP contribution in [-0.4, -0.2) is 108 Å². The van der Waals surface area contributed by atoms with Crippen molar-refractivity contribution in [3.8, 4) is 34.5 Å². The van der Waals surface area contributed by atoms with E-state index in [0.29, 0.717) is 48.0 Å². The van der Waals surface area contributed by atoms with Gasteiger partial charge in [0.1, 0.15) is 54.2 Å². The Morgan fingerprint density at radius 2 is 1.73 bits per heavy atom. The predicted molar refractivity (Wildman–Crippen MR) is 188 cm³/mol. The van der Waals surface area contributed by atoms with E-state index in [2.05, 4.69) is 0 Å². The minimum atomic E-state index is -1.49. The Labute approximate surface area is 320 Å². The highest BCUT2D eigenvalue weighted by Gasteiger charge is 2.54. The summed E-state index contributed by atoms with van der Waals surface area (Å²) in [7, 11) is 0. The second-order valence-corrected chi connectivity index (χ2v) is 14.2. The number of hydrogen-bond donors (Lipinski definition) is 5. The number of carboxylic acids is 1. The van der Waals surface area contributed by atoms with Crippen LogP contribution in [0.2, 0.25) is 0 Å². The fraction of sp³-hybridized carbons (Fsp3) is 0.487. The van der Waals surface area contributed by atoms with Crippen molar-refractivity contribution in [2.45, 2.75) is 87.0 Å². The van der Waals surface area contributed by atoms with Gasteiger partial charge in [-0.2, -0.15) is 4.89 Å². The molecule has 3 aromatic rings. The lowest BCUT2D eigenvalue weighted by Crippen LogP contribution is -2.63. The maximum Gasteiger partial charge on any atom is 0.317 e. The summed E-state index contributed by atoms with van der Waals surface area (Å²) >= 11 is 0. The van der Waals surface area contributed by atoms with Crippen molar-refractivity contribution >= 4 is 11.9 Å². The van der Waals surface area contributed by atoms with Gasteiger partial charge in [-0.05, 0) is 55.2 Å². The van der Waals surface area contributed by atoms with Gasteiger partial charge in [0.05, 0.1) is 25.2 Å². The molecule has 2 fully saturated rings. The first kappa shape index (κ1) is 38.0. The van der Waals surface area contributed by atoms with Crippen LogP contribution in [0.3, 0.4) is 0 Å². The number of carboxylic acid groups (broad SMARTS) is 1. The van der Waals surface area contributed by atoms with Crippen LogP contribution in [0.5, 0.6) is 34.5 Å². The monoisotopic (exact) mass is 781 g/mol. The standard InChI is InChI=1S/C39H43NO16/c40-8-10-47-39-38(33(46)37-36(54-39)27(52-32(45)16-31(43)44)6-5-22(51-37)7-9-41)56-55-23-12-20(11-19-1-3-21(42)4-2-19)34-25(13-23)35-26(17-48-34)24-14-29-30(50-18-49-29)15-28(24)53-35/h1-4,12-15,22,26-27,33,35-39,41-42,46H,5-11,16-18,40H2,(H,43,44)/t22-,26+,27+,33+,35-,36-,37-,38+,39-/m1/s1. The smallest absolute Gasteiger partial charge is 0.317 e. The van der Waals surface area contributed by atoms with E-state index in [-0.39, 0.29) is 56.8 Å². The molecule has 0 aromatic heterocycles. The van der Waals surface area contributed by atoms with Crippen molar-refractivity contribution < 1.29 is 77.7 Å². The van der Waals surface area contributed by atoms with Gasteiger partial charge in [-0.15, -0.1) is 0 Å². The molecular weight excluding hydrogens is 738 g/mol. The molecule has 17 nitrogen and oxygen atoms in total. The van der Waals surface area contributed by atoms with Crippen LogP contribution in [-0.2, 0) is 39.8 Å². The Kier molecular flexibility index (Phi) is 11.1. The Balaban J connectivity index is 1.09. The third-order valence-corrected chi connectivity index (χ3v) is 10.5. The quantitative estimate of drug-likeness (QED) is 0.0725. The molecule has 8 rings (SSSR count). The van der Waals surface area contributed by atoms with Crippen molar-refractivity contribution in [3.63, 3.8) is 0 Å². The first-order valence-electron chi connectivity index (χ1n) is 18.5. The lowest BCUT2D eigenvalue weighted by Gasteiger charge is -2.44. The summed E-state index contributed by atoms with van der Waals surface area (Å²) in [5.74, 6) is 0.322. The molecule has 5 aliphatic heterocycles. The van der Waals surface area contributed by atoms with E-state index < -0.39 is 67.4 Å². The topological polar surface area (TPSA) is 233 Å². The number of fused-ring (bicyclic) bond motifs is 7. The fourth-order valence-electron chi connectivity index (χ4n) is 7.89. The minimum absolute atomic E-state index is 0.000463. The Morgan fingerprint density at radius 3 is 2.50 bits per heavy atom. The van der Waals surface area contributed by atoms with Gasteiger partial charge in [-0.3, -0.25) is 9.59 Å². The molecule has 6 N–H and O–H groups in total. The molecule has 0 bridgehead atoms. The highest BCUT2D eigenvalue weighted by atomic mass is 17.2. The zero-order valence-corrected chi connectivity index (χ0v) is 30.2. The molecule has 5 aliphatic rings. The average molecular weight is 782 g/mol. The number of ether oxygens (including phenoxy) is 8. The van der Waals surface area contributed by atoms with E-state index in [4.69, 9.17) is 58.5 Å². The highest BCUT2D eigenvalue weighted by Crippen LogP contribution is 2.55. The summed E-state index contributed by atoms with van der Waals surface area (Å²) in [6, 6.07) is 14.0. The molecule has 2 saturated heterocycles. The lowest BCUT2D eigenvalue weighted by atomic mass is 9.87. The maximum absolute atomic E-state index is 12.5. The fourth-order valence-corrected chi connectivity index (χ4v) is 7.89. The Morgan fingerprint density at radius 1 is 0.929 bits per heavy atom. The van der Waals surface area contributed by atoms with E-state index >= 15 is 0 Å². The van der Waals surface area contributed by atoms with Crippen molar-refractivity contribution in [2.75, 3.05) is 33.2 Å². The first-order chi connectivity index (χ1) is 27.2. The number of nitrogens with two attached hydrogens (primary N) is 1. The Hall–Kier alpha value is -4.88. The number of carbonyl (C=O) groups is 2. The number of rotatable bonds is 13. The molecule has 3 aromatic carbocycles. The highest BCUT2D eigenvalue weighted by molar-refractivity contribution is 5.90. The van der Waals surface area contributed by atoms with E-state index in [1.165, 1.54) is 0 Å². The number of phenolic OH excluding ortho intramolecular Hbond substituents is 1. The predicted octanol–water partition coefficient (Wildman–Crippen LogP) is 2.38. The third-order valence-electron chi connectivity index (χ3n) is 10.5. The largest absolute Gasteiger partial charge is 0.508 e. The summed E-state index contributed by atoms with van der Waals surface area (Å²) in [4.78, 5) is 35.7. The molecule has 0 aliphatic carbocycles. The number of aliphatic hydroxyl groups is 2. The summed E-state index contributed by atoms with van der Waals surface area (Å²) in [5, 5.41) is 40.6. The number of aromatic hydroxyl groups is 1. The van der Waals surface area contributed by atoms with Gasteiger partial charge in [0.15, 0.2) is 29.6 Å². The third kappa shape index (κ3) is 7.75. The first-order valence-corrected chi connectivity index (χ1v) is 18.5. The second kappa shape index (κ2) is 16.3. The number of phenols is 1. The lowest BCUT2D eigenvalue weighted by molar-refractivity contribution is -0.379. The molecule has 0 amide bonds. The van der Waals surface area contributed by atoms with Crippen molar-refractivity contribution in [2.24, 2.45) is 5.73 Å². The van der Waals surface area contributed by atoms with Gasteiger partial charge < -0.3 is 68.9 Å². The SMILES string of the molecule is NCCO[C@@H]1O[C@H]2[C@H](O[C@@H](CCO)CC[C@@H]2OC(=O)CC(=O)O)[C@H](O)[C@@H]1OOc1cc(Cc2ccc(O)cc2)c2c(c1)[C@H]1Oc3cc4c(cc3[C@@H]1CO2)OCO4. The number of hydrogen-bond acceptors (Lipinski definition) is 16. The van der Waals surface area contributed by atoms with Gasteiger partial charge in [0.2, 0.25) is 6.79 Å². The molecule has 0 radical (unpaired) electrons. The molecule has 0 unspecified atom stereocenters. The van der Waals surface area contributed by atoms with Gasteiger partial charge in [-0.1, -0.05) is 12.1 Å². The number of aliphatic carboxylic acids is 1. The van der Waals surface area contributed by atoms with E-state index in [1.54, 1.807) is 36.4 Å². The summed E-state index contributed by atoms with van der Waals surface area (Å²) in [5.41, 5.74) is 8.98. The number of esters is 1. The van der Waals surface area contributed by atoms with E-state index in [0.717, 1.165) is 16.7 Å². The van der Waals surface area contributed by atoms with Crippen molar-refractivity contribution in [3.05, 3.63) is 70.8 Å². The van der Waals surface area contributed by atoms with E-state index in [9.17, 15) is 24.9 Å². The van der Waals surface area contributed by atoms with Crippen LogP contribution in [0, 0.1) is 0 Å². The summed E-state index contributed by atoms with van der Waals surface area (Å²) < 4.78 is 48.1. The van der Waals surface area contributed by atoms with Crippen LogP contribution in [0.25, 0.3) is 0 Å².